The summed E-state index contributed by atoms with van der Waals surface area (Å²) in [6, 6.07) is 19.8. The number of rotatable bonds is 11. The first-order chi connectivity index (χ1) is 27.2. The van der Waals surface area contributed by atoms with Crippen LogP contribution in [0, 0.1) is 5.92 Å². The number of carboxylic acids is 1. The van der Waals surface area contributed by atoms with Gasteiger partial charge in [0.1, 0.15) is 11.2 Å². The van der Waals surface area contributed by atoms with E-state index in [1.54, 1.807) is 44.0 Å². The van der Waals surface area contributed by atoms with Crippen LogP contribution in [0.2, 0.25) is 10.0 Å². The molecule has 0 radical (unpaired) electrons. The van der Waals surface area contributed by atoms with Crippen molar-refractivity contribution in [2.75, 3.05) is 26.7 Å². The molecule has 0 spiro atoms. The Morgan fingerprint density at radius 3 is 2.28 bits per heavy atom. The maximum atomic E-state index is 13.3. The SMILES string of the molecule is COc1nc(-c2cccc(-c3cccc(-c4ccn5c(=O)cc(CN6CC(C(=O)O)C6)nc5c4)c3Cl)c2Cl)ccc1CN(CC1CCC(=O)N1)C(=O)OC(C)(C)C. The number of halogens is 2. The second-order valence-corrected chi connectivity index (χ2v) is 16.1. The van der Waals surface area contributed by atoms with Crippen molar-refractivity contribution in [1.29, 1.82) is 0 Å². The molecule has 3 aromatic heterocycles. The average Bonchev–Trinajstić information content (AvgIpc) is 3.56. The molecule has 1 atom stereocenters. The van der Waals surface area contributed by atoms with E-state index in [1.807, 2.05) is 53.4 Å². The molecule has 2 aliphatic heterocycles. The van der Waals surface area contributed by atoms with Gasteiger partial charge < -0.3 is 24.8 Å². The predicted octanol–water partition coefficient (Wildman–Crippen LogP) is 6.94. The number of likely N-dealkylation sites (tertiary alicyclic amines) is 1. The molecular formula is C42H42Cl2N6O7. The van der Waals surface area contributed by atoms with E-state index in [9.17, 15) is 24.3 Å². The maximum Gasteiger partial charge on any atom is 0.410 e. The smallest absolute Gasteiger partial charge is 0.410 e. The fourth-order valence-corrected chi connectivity index (χ4v) is 7.78. The Morgan fingerprint density at radius 2 is 1.63 bits per heavy atom. The molecule has 2 aromatic carbocycles. The minimum absolute atomic E-state index is 0.0451. The molecule has 0 saturated carbocycles. The summed E-state index contributed by atoms with van der Waals surface area (Å²) >= 11 is 14.3. The lowest BCUT2D eigenvalue weighted by molar-refractivity contribution is -0.147. The molecule has 2 N–H and O–H groups in total. The van der Waals surface area contributed by atoms with Crippen molar-refractivity contribution in [1.82, 2.24) is 29.5 Å². The number of aliphatic carboxylic acids is 1. The van der Waals surface area contributed by atoms with Gasteiger partial charge in [-0.2, -0.15) is 0 Å². The summed E-state index contributed by atoms with van der Waals surface area (Å²) in [7, 11) is 1.51. The molecule has 5 aromatic rings. The number of carbonyl (C=O) groups is 3. The molecule has 7 rings (SSSR count). The molecule has 0 bridgehead atoms. The Labute approximate surface area is 339 Å². The van der Waals surface area contributed by atoms with E-state index in [2.05, 4.69) is 5.32 Å². The van der Waals surface area contributed by atoms with E-state index in [1.165, 1.54) is 17.6 Å². The van der Waals surface area contributed by atoms with E-state index >= 15 is 0 Å². The molecule has 15 heteroatoms. The first-order valence-corrected chi connectivity index (χ1v) is 19.3. The fourth-order valence-electron chi connectivity index (χ4n) is 7.12. The Morgan fingerprint density at radius 1 is 0.947 bits per heavy atom. The Hall–Kier alpha value is -5.50. The highest BCUT2D eigenvalue weighted by molar-refractivity contribution is 6.39. The van der Waals surface area contributed by atoms with Crippen molar-refractivity contribution < 1.29 is 29.0 Å². The van der Waals surface area contributed by atoms with E-state index in [0.717, 1.165) is 5.56 Å². The molecule has 2 saturated heterocycles. The number of carbonyl (C=O) groups excluding carboxylic acids is 2. The number of hydrogen-bond acceptors (Lipinski definition) is 9. The van der Waals surface area contributed by atoms with Gasteiger partial charge in [-0.1, -0.05) is 59.6 Å². The third-order valence-electron chi connectivity index (χ3n) is 9.96. The van der Waals surface area contributed by atoms with Crippen LogP contribution in [0.25, 0.3) is 39.2 Å². The van der Waals surface area contributed by atoms with Crippen LogP contribution in [0.15, 0.2) is 77.7 Å². The summed E-state index contributed by atoms with van der Waals surface area (Å²) in [5, 5.41) is 13.0. The van der Waals surface area contributed by atoms with Gasteiger partial charge in [0.25, 0.3) is 5.56 Å². The summed E-state index contributed by atoms with van der Waals surface area (Å²) in [4.78, 5) is 62.4. The van der Waals surface area contributed by atoms with Crippen LogP contribution in [-0.4, -0.2) is 85.6 Å². The van der Waals surface area contributed by atoms with Gasteiger partial charge in [-0.05, 0) is 57.0 Å². The number of nitrogens with one attached hydrogen (secondary N) is 1. The van der Waals surface area contributed by atoms with Crippen LogP contribution in [0.5, 0.6) is 5.88 Å². The van der Waals surface area contributed by atoms with Crippen LogP contribution < -0.4 is 15.6 Å². The van der Waals surface area contributed by atoms with E-state index in [-0.39, 0.29) is 30.6 Å². The van der Waals surface area contributed by atoms with Crippen molar-refractivity contribution >= 4 is 46.8 Å². The molecule has 5 heterocycles. The number of benzene rings is 2. The summed E-state index contributed by atoms with van der Waals surface area (Å²) in [5.74, 6) is -0.972. The standard InChI is InChI=1S/C42H42Cl2N6O7/c1-42(2,3)57-41(55)49(23-27-12-14-35(51)46-27)21-25-11-13-33(47-39(25)56-4)32-10-6-9-31(38(32)44)30-8-5-7-29(37(30)43)24-15-16-50-34(17-24)45-28(18-36(50)52)22-48-19-26(20-48)40(53)54/h5-11,13,15-18,26-27H,12,14,19-23H2,1-4H3,(H,46,51)(H,53,54). The molecule has 2 aliphatic rings. The Bertz CT molecular complexity index is 2440. The van der Waals surface area contributed by atoms with Gasteiger partial charge in [0, 0.05) is 78.7 Å². The lowest BCUT2D eigenvalue weighted by Gasteiger charge is -2.36. The zero-order chi connectivity index (χ0) is 40.6. The molecule has 0 aliphatic carbocycles. The third-order valence-corrected chi connectivity index (χ3v) is 10.8. The number of nitrogens with zero attached hydrogens (tertiary/aromatic N) is 5. The van der Waals surface area contributed by atoms with E-state index in [0.29, 0.717) is 93.3 Å². The number of methoxy groups -OCH3 is 1. The van der Waals surface area contributed by atoms with Crippen LogP contribution in [-0.2, 0) is 27.4 Å². The van der Waals surface area contributed by atoms with E-state index in [4.69, 9.17) is 42.6 Å². The number of ether oxygens (including phenoxy) is 2. The summed E-state index contributed by atoms with van der Waals surface area (Å²) in [6.45, 7) is 7.01. The van der Waals surface area contributed by atoms with Crippen molar-refractivity contribution in [2.24, 2.45) is 5.92 Å². The predicted molar refractivity (Wildman–Crippen MR) is 216 cm³/mol. The number of aromatic nitrogens is 3. The van der Waals surface area contributed by atoms with Crippen LogP contribution in [0.3, 0.4) is 0 Å². The Kier molecular flexibility index (Phi) is 11.3. The minimum Gasteiger partial charge on any atom is -0.481 e. The monoisotopic (exact) mass is 812 g/mol. The largest absolute Gasteiger partial charge is 0.481 e. The number of fused-ring (bicyclic) bond motifs is 1. The van der Waals surface area contributed by atoms with Gasteiger partial charge in [0.15, 0.2) is 0 Å². The third kappa shape index (κ3) is 8.75. The average molecular weight is 814 g/mol. The van der Waals surface area contributed by atoms with Crippen LogP contribution in [0.4, 0.5) is 4.79 Å². The second-order valence-electron chi connectivity index (χ2n) is 15.3. The van der Waals surface area contributed by atoms with Crippen molar-refractivity contribution in [3.05, 3.63) is 105 Å². The first kappa shape index (κ1) is 39.7. The highest BCUT2D eigenvalue weighted by Gasteiger charge is 2.33. The van der Waals surface area contributed by atoms with Gasteiger partial charge in [-0.3, -0.25) is 23.7 Å². The quantitative estimate of drug-likeness (QED) is 0.143. The second kappa shape index (κ2) is 16.2. The van der Waals surface area contributed by atoms with Crippen molar-refractivity contribution in [3.8, 4) is 39.4 Å². The molecule has 57 heavy (non-hydrogen) atoms. The summed E-state index contributed by atoms with van der Waals surface area (Å²) in [6.07, 6.45) is 2.17. The minimum atomic E-state index is -0.824. The fraction of sp³-hybridized carbons (Fsp3) is 0.333. The highest BCUT2D eigenvalue weighted by atomic mass is 35.5. The molecule has 13 nitrogen and oxygen atoms in total. The normalized spacial score (nSPS) is 16.0. The molecule has 1 unspecified atom stereocenters. The lowest BCUT2D eigenvalue weighted by atomic mass is 9.97. The Balaban J connectivity index is 1.16. The van der Waals surface area contributed by atoms with Crippen LogP contribution in [0.1, 0.15) is 44.9 Å². The zero-order valence-electron chi connectivity index (χ0n) is 31.9. The number of carboxylic acid groups (broad SMARTS) is 1. The first-order valence-electron chi connectivity index (χ1n) is 18.5. The topological polar surface area (TPSA) is 156 Å². The number of amides is 2. The molecular weight excluding hydrogens is 771 g/mol. The molecule has 296 valence electrons. The number of pyridine rings is 2. The lowest BCUT2D eigenvalue weighted by Crippen LogP contribution is -2.49. The van der Waals surface area contributed by atoms with E-state index < -0.39 is 23.6 Å². The maximum absolute atomic E-state index is 13.3. The highest BCUT2D eigenvalue weighted by Crippen LogP contribution is 2.42. The van der Waals surface area contributed by atoms with Crippen molar-refractivity contribution in [2.45, 2.75) is 58.3 Å². The van der Waals surface area contributed by atoms with Crippen LogP contribution >= 0.6 is 23.2 Å². The van der Waals surface area contributed by atoms with Gasteiger partial charge in [-0.25, -0.2) is 14.8 Å². The molecule has 2 amide bonds. The molecule has 2 fully saturated rings. The summed E-state index contributed by atoms with van der Waals surface area (Å²) < 4.78 is 12.9. The summed E-state index contributed by atoms with van der Waals surface area (Å²) in [5.41, 5.74) is 4.67. The van der Waals surface area contributed by atoms with Gasteiger partial charge >= 0.3 is 12.1 Å². The van der Waals surface area contributed by atoms with Gasteiger partial charge in [0.2, 0.25) is 11.8 Å². The van der Waals surface area contributed by atoms with Gasteiger partial charge in [-0.15, -0.1) is 0 Å². The van der Waals surface area contributed by atoms with Crippen molar-refractivity contribution in [3.63, 3.8) is 0 Å². The number of hydrogen-bond donors (Lipinski definition) is 2. The van der Waals surface area contributed by atoms with Gasteiger partial charge in [0.05, 0.1) is 41.0 Å². The zero-order valence-corrected chi connectivity index (χ0v) is 33.4.